The third kappa shape index (κ3) is 5.92. The van der Waals surface area contributed by atoms with Crippen LogP contribution < -0.4 is 10.6 Å². The Kier molecular flexibility index (Phi) is 7.35. The minimum Gasteiger partial charge on any atom is -0.393 e. The Hall–Kier alpha value is -0.810. The number of piperidine rings is 1. The van der Waals surface area contributed by atoms with Gasteiger partial charge in [-0.2, -0.15) is 0 Å². The maximum absolute atomic E-state index is 9.66. The van der Waals surface area contributed by atoms with Gasteiger partial charge in [-0.25, -0.2) is 0 Å². The van der Waals surface area contributed by atoms with Crippen LogP contribution in [0.2, 0.25) is 0 Å². The zero-order chi connectivity index (χ0) is 17.6. The fourth-order valence-electron chi connectivity index (χ4n) is 3.85. The molecule has 1 aliphatic carbocycles. The predicted molar refractivity (Wildman–Crippen MR) is 101 cm³/mol. The van der Waals surface area contributed by atoms with Crippen molar-refractivity contribution in [3.8, 4) is 0 Å². The van der Waals surface area contributed by atoms with Crippen LogP contribution in [0, 0.1) is 5.92 Å². The third-order valence-electron chi connectivity index (χ3n) is 5.52. The first-order chi connectivity index (χ1) is 11.4. The number of aliphatic imine (C=N–C) groups is 1. The summed E-state index contributed by atoms with van der Waals surface area (Å²) in [5, 5.41) is 16.6. The first-order valence-corrected chi connectivity index (χ1v) is 9.88. The molecular formula is C19H38N4O. The highest BCUT2D eigenvalue weighted by atomic mass is 16.3. The van der Waals surface area contributed by atoms with E-state index in [1.54, 1.807) is 0 Å². The van der Waals surface area contributed by atoms with E-state index in [-0.39, 0.29) is 11.6 Å². The molecule has 2 fully saturated rings. The van der Waals surface area contributed by atoms with Gasteiger partial charge in [0, 0.05) is 24.7 Å². The van der Waals surface area contributed by atoms with Gasteiger partial charge < -0.3 is 15.7 Å². The average Bonchev–Trinajstić information content (AvgIpc) is 2.55. The number of likely N-dealkylation sites (tertiary alicyclic amines) is 1. The number of nitrogens with zero attached hydrogens (tertiary/aromatic N) is 2. The van der Waals surface area contributed by atoms with Crippen molar-refractivity contribution in [2.75, 3.05) is 26.2 Å². The number of rotatable bonds is 5. The van der Waals surface area contributed by atoms with Gasteiger partial charge in [0.05, 0.1) is 12.6 Å². The second-order valence-corrected chi connectivity index (χ2v) is 8.35. The number of aliphatic hydroxyl groups excluding tert-OH is 1. The van der Waals surface area contributed by atoms with Crippen molar-refractivity contribution in [1.82, 2.24) is 15.5 Å². The molecule has 1 saturated carbocycles. The van der Waals surface area contributed by atoms with Gasteiger partial charge in [-0.1, -0.05) is 6.92 Å². The van der Waals surface area contributed by atoms with Crippen LogP contribution in [0.1, 0.15) is 66.2 Å². The first kappa shape index (κ1) is 19.5. The van der Waals surface area contributed by atoms with Crippen LogP contribution in [0.5, 0.6) is 0 Å². The zero-order valence-corrected chi connectivity index (χ0v) is 16.1. The van der Waals surface area contributed by atoms with Gasteiger partial charge in [-0.05, 0) is 71.8 Å². The van der Waals surface area contributed by atoms with Crippen LogP contribution in [0.4, 0.5) is 0 Å². The molecule has 0 aromatic carbocycles. The number of nitrogens with one attached hydrogen (secondary N) is 2. The molecule has 1 atom stereocenters. The van der Waals surface area contributed by atoms with Crippen molar-refractivity contribution in [2.45, 2.75) is 83.9 Å². The molecule has 2 rings (SSSR count). The lowest BCUT2D eigenvalue weighted by atomic mass is 9.93. The van der Waals surface area contributed by atoms with Crippen LogP contribution in [0.25, 0.3) is 0 Å². The molecule has 0 amide bonds. The van der Waals surface area contributed by atoms with E-state index in [4.69, 9.17) is 4.99 Å². The van der Waals surface area contributed by atoms with Crippen molar-refractivity contribution >= 4 is 5.96 Å². The summed E-state index contributed by atoms with van der Waals surface area (Å²) in [6.45, 7) is 13.2. The van der Waals surface area contributed by atoms with Crippen LogP contribution in [0.15, 0.2) is 4.99 Å². The van der Waals surface area contributed by atoms with Gasteiger partial charge in [-0.3, -0.25) is 9.89 Å². The van der Waals surface area contributed by atoms with Gasteiger partial charge in [-0.15, -0.1) is 0 Å². The average molecular weight is 339 g/mol. The summed E-state index contributed by atoms with van der Waals surface area (Å²) >= 11 is 0. The molecule has 5 nitrogen and oxygen atoms in total. The zero-order valence-electron chi connectivity index (χ0n) is 16.1. The van der Waals surface area contributed by atoms with Crippen molar-refractivity contribution in [3.63, 3.8) is 0 Å². The Labute approximate surface area is 148 Å². The van der Waals surface area contributed by atoms with E-state index in [2.05, 4.69) is 43.2 Å². The second-order valence-electron chi connectivity index (χ2n) is 8.35. The highest BCUT2D eigenvalue weighted by Gasteiger charge is 2.30. The third-order valence-corrected chi connectivity index (χ3v) is 5.52. The van der Waals surface area contributed by atoms with Crippen molar-refractivity contribution in [3.05, 3.63) is 0 Å². The van der Waals surface area contributed by atoms with E-state index >= 15 is 0 Å². The Bertz CT molecular complexity index is 402. The molecule has 24 heavy (non-hydrogen) atoms. The Morgan fingerprint density at radius 1 is 1.21 bits per heavy atom. The van der Waals surface area contributed by atoms with Crippen LogP contribution in [-0.4, -0.2) is 59.8 Å². The summed E-state index contributed by atoms with van der Waals surface area (Å²) in [6.07, 6.45) is 6.40. The predicted octanol–water partition coefficient (Wildman–Crippen LogP) is 2.36. The molecule has 1 unspecified atom stereocenters. The molecule has 0 aromatic heterocycles. The molecule has 140 valence electrons. The van der Waals surface area contributed by atoms with Crippen LogP contribution >= 0.6 is 0 Å². The number of hydrogen-bond acceptors (Lipinski definition) is 3. The van der Waals surface area contributed by atoms with Gasteiger partial charge in [0.15, 0.2) is 5.96 Å². The lowest BCUT2D eigenvalue weighted by Crippen LogP contribution is -2.52. The molecule has 1 aliphatic heterocycles. The number of guanidine groups is 1. The molecule has 0 aromatic rings. The van der Waals surface area contributed by atoms with Crippen LogP contribution in [-0.2, 0) is 0 Å². The van der Waals surface area contributed by atoms with E-state index in [0.717, 1.165) is 50.7 Å². The van der Waals surface area contributed by atoms with E-state index in [1.165, 1.54) is 25.9 Å². The quantitative estimate of drug-likeness (QED) is 0.532. The lowest BCUT2D eigenvalue weighted by molar-refractivity contribution is 0.0774. The Morgan fingerprint density at radius 2 is 1.92 bits per heavy atom. The van der Waals surface area contributed by atoms with Crippen molar-refractivity contribution in [1.29, 1.82) is 0 Å². The molecule has 1 saturated heterocycles. The molecule has 3 N–H and O–H groups in total. The van der Waals surface area contributed by atoms with Gasteiger partial charge in [0.1, 0.15) is 0 Å². The normalized spacial score (nSPS) is 30.2. The van der Waals surface area contributed by atoms with Gasteiger partial charge in [0.25, 0.3) is 0 Å². The van der Waals surface area contributed by atoms with E-state index in [1.807, 2.05) is 0 Å². The summed E-state index contributed by atoms with van der Waals surface area (Å²) in [5.74, 6) is 1.72. The molecule has 1 heterocycles. The Morgan fingerprint density at radius 3 is 2.54 bits per heavy atom. The standard InChI is InChI=1S/C19H38N4O/c1-5-20-18(22-16-8-10-17(24)11-9-16)21-14-19(3,4)23-12-6-7-15(2)13-23/h15-17,24H,5-14H2,1-4H3,(H2,20,21,22). The summed E-state index contributed by atoms with van der Waals surface area (Å²) in [6, 6.07) is 0.435. The maximum Gasteiger partial charge on any atom is 0.191 e. The highest BCUT2D eigenvalue weighted by molar-refractivity contribution is 5.80. The monoisotopic (exact) mass is 338 g/mol. The van der Waals surface area contributed by atoms with Gasteiger partial charge >= 0.3 is 0 Å². The van der Waals surface area contributed by atoms with Crippen LogP contribution in [0.3, 0.4) is 0 Å². The summed E-state index contributed by atoms with van der Waals surface area (Å²) in [7, 11) is 0. The largest absolute Gasteiger partial charge is 0.393 e. The van der Waals surface area contributed by atoms with Crippen molar-refractivity contribution in [2.24, 2.45) is 10.9 Å². The molecule has 5 heteroatoms. The fraction of sp³-hybridized carbons (Fsp3) is 0.947. The molecule has 0 radical (unpaired) electrons. The lowest BCUT2D eigenvalue weighted by Gasteiger charge is -2.42. The SMILES string of the molecule is CCNC(=NCC(C)(C)N1CCCC(C)C1)NC1CCC(O)CC1. The topological polar surface area (TPSA) is 59.9 Å². The molecular weight excluding hydrogens is 300 g/mol. The van der Waals surface area contributed by atoms with E-state index < -0.39 is 0 Å². The maximum atomic E-state index is 9.66. The summed E-state index contributed by atoms with van der Waals surface area (Å²) in [4.78, 5) is 7.49. The first-order valence-electron chi connectivity index (χ1n) is 9.88. The van der Waals surface area contributed by atoms with Gasteiger partial charge in [0.2, 0.25) is 0 Å². The summed E-state index contributed by atoms with van der Waals surface area (Å²) < 4.78 is 0. The smallest absolute Gasteiger partial charge is 0.191 e. The molecule has 0 spiro atoms. The minimum atomic E-state index is -0.109. The minimum absolute atomic E-state index is 0.0970. The summed E-state index contributed by atoms with van der Waals surface area (Å²) in [5.41, 5.74) is 0.0970. The van der Waals surface area contributed by atoms with E-state index in [9.17, 15) is 5.11 Å². The molecule has 0 bridgehead atoms. The highest BCUT2D eigenvalue weighted by Crippen LogP contribution is 2.24. The van der Waals surface area contributed by atoms with Crippen molar-refractivity contribution < 1.29 is 5.11 Å². The number of hydrogen-bond donors (Lipinski definition) is 3. The molecule has 2 aliphatic rings. The fourth-order valence-corrected chi connectivity index (χ4v) is 3.85. The van der Waals surface area contributed by atoms with E-state index in [0.29, 0.717) is 6.04 Å². The Balaban J connectivity index is 1.91. The number of aliphatic hydroxyl groups is 1. The second kappa shape index (κ2) is 9.04.